The summed E-state index contributed by atoms with van der Waals surface area (Å²) in [6.07, 6.45) is -1.43. The molecule has 2 saturated carbocycles. The molecule has 2 aromatic rings. The van der Waals surface area contributed by atoms with Crippen molar-refractivity contribution in [3.63, 3.8) is 0 Å². The zero-order chi connectivity index (χ0) is 26.9. The van der Waals surface area contributed by atoms with E-state index in [9.17, 15) is 31.5 Å². The van der Waals surface area contributed by atoms with Crippen LogP contribution in [0.25, 0.3) is 0 Å². The SMILES string of the molecule is C[C@@H](NC(=O)c1cn(C2(C(F)F)CC2)c(=O)cc1NC1[C@H]2CN(C)C[C@@H]12)c1cccc(C(C)(F)F)c1F. The van der Waals surface area contributed by atoms with Crippen molar-refractivity contribution in [1.82, 2.24) is 14.8 Å². The minimum atomic E-state index is -3.42. The molecular formula is C26H29F5N4O2. The first-order valence-corrected chi connectivity index (χ1v) is 12.3. The molecule has 4 atom stereocenters. The third-order valence-corrected chi connectivity index (χ3v) is 7.96. The molecule has 0 spiro atoms. The van der Waals surface area contributed by atoms with Crippen molar-refractivity contribution in [1.29, 1.82) is 0 Å². The van der Waals surface area contributed by atoms with Crippen molar-refractivity contribution in [3.05, 3.63) is 63.3 Å². The first kappa shape index (κ1) is 25.7. The molecule has 200 valence electrons. The summed E-state index contributed by atoms with van der Waals surface area (Å²) in [6, 6.07) is 3.76. The minimum Gasteiger partial charge on any atom is -0.381 e. The number of fused-ring (bicyclic) bond motifs is 1. The fraction of sp³-hybridized carbons (Fsp3) is 0.538. The lowest BCUT2D eigenvalue weighted by Crippen LogP contribution is -2.37. The Morgan fingerprint density at radius 3 is 2.41 bits per heavy atom. The highest BCUT2D eigenvalue weighted by atomic mass is 19.3. The number of nitrogens with zero attached hydrogens (tertiary/aromatic N) is 2. The second-order valence-corrected chi connectivity index (χ2v) is 10.7. The van der Waals surface area contributed by atoms with E-state index in [1.807, 2.05) is 7.05 Å². The summed E-state index contributed by atoms with van der Waals surface area (Å²) in [5.74, 6) is -4.57. The fourth-order valence-corrected chi connectivity index (χ4v) is 5.58. The van der Waals surface area contributed by atoms with Crippen molar-refractivity contribution in [2.45, 2.75) is 56.7 Å². The first-order chi connectivity index (χ1) is 17.3. The Morgan fingerprint density at radius 2 is 1.84 bits per heavy atom. The van der Waals surface area contributed by atoms with Crippen LogP contribution >= 0.6 is 0 Å². The molecule has 1 amide bonds. The quantitative estimate of drug-likeness (QED) is 0.505. The maximum absolute atomic E-state index is 14.9. The number of amides is 1. The van der Waals surface area contributed by atoms with Crippen LogP contribution in [0.15, 0.2) is 35.3 Å². The Hall–Kier alpha value is -2.95. The number of piperidine rings is 1. The number of rotatable bonds is 8. The molecule has 1 saturated heterocycles. The molecule has 1 aromatic heterocycles. The van der Waals surface area contributed by atoms with Gasteiger partial charge >= 0.3 is 0 Å². The van der Waals surface area contributed by atoms with E-state index in [4.69, 9.17) is 0 Å². The van der Waals surface area contributed by atoms with E-state index >= 15 is 0 Å². The predicted molar refractivity (Wildman–Crippen MR) is 128 cm³/mol. The standard InChI is InChI=1S/C26H29F5N4O2/c1-13(14-5-4-6-18(21(14)27)25(2,30)31)32-23(37)17-12-35(26(7-8-26)24(28)29)20(36)9-19(17)33-22-15-10-34(3)11-16(15)22/h4-6,9,12-13,15-16,22,24,33H,7-8,10-11H2,1-3H3,(H,32,37)/t13-,15-,16+,22?/m1/s1. The smallest absolute Gasteiger partial charge is 0.273 e. The summed E-state index contributed by atoms with van der Waals surface area (Å²) in [5, 5.41) is 5.85. The van der Waals surface area contributed by atoms with E-state index in [0.29, 0.717) is 18.8 Å². The number of aromatic nitrogens is 1. The number of carbonyl (C=O) groups is 1. The molecule has 37 heavy (non-hydrogen) atoms. The average molecular weight is 525 g/mol. The van der Waals surface area contributed by atoms with Gasteiger partial charge < -0.3 is 20.1 Å². The van der Waals surface area contributed by atoms with Gasteiger partial charge in [0.25, 0.3) is 23.8 Å². The van der Waals surface area contributed by atoms with Gasteiger partial charge in [-0.25, -0.2) is 22.0 Å². The number of hydrogen-bond acceptors (Lipinski definition) is 4. The van der Waals surface area contributed by atoms with Crippen LogP contribution < -0.4 is 16.2 Å². The number of benzene rings is 1. The Bertz CT molecular complexity index is 1270. The van der Waals surface area contributed by atoms with Crippen LogP contribution in [0.3, 0.4) is 0 Å². The Labute approximate surface area is 210 Å². The van der Waals surface area contributed by atoms with E-state index < -0.39 is 46.8 Å². The molecular weight excluding hydrogens is 495 g/mol. The maximum Gasteiger partial charge on any atom is 0.273 e. The lowest BCUT2D eigenvalue weighted by Gasteiger charge is -2.23. The Balaban J connectivity index is 1.46. The maximum atomic E-state index is 14.9. The highest BCUT2D eigenvalue weighted by Crippen LogP contribution is 2.49. The average Bonchev–Trinajstić information content (AvgIpc) is 3.69. The minimum absolute atomic E-state index is 0.0333. The van der Waals surface area contributed by atoms with Crippen LogP contribution in [-0.2, 0) is 11.5 Å². The van der Waals surface area contributed by atoms with Crippen LogP contribution in [0.4, 0.5) is 27.6 Å². The van der Waals surface area contributed by atoms with Crippen LogP contribution in [0.1, 0.15) is 54.2 Å². The predicted octanol–water partition coefficient (Wildman–Crippen LogP) is 4.32. The molecule has 1 aromatic carbocycles. The number of carbonyl (C=O) groups excluding carboxylic acids is 1. The van der Waals surface area contributed by atoms with Crippen molar-refractivity contribution >= 4 is 11.6 Å². The van der Waals surface area contributed by atoms with E-state index in [0.717, 1.165) is 29.9 Å². The van der Waals surface area contributed by atoms with E-state index in [-0.39, 0.29) is 35.7 Å². The Morgan fingerprint density at radius 1 is 1.19 bits per heavy atom. The van der Waals surface area contributed by atoms with Crippen LogP contribution in [0.2, 0.25) is 0 Å². The first-order valence-electron chi connectivity index (χ1n) is 12.3. The van der Waals surface area contributed by atoms with E-state index in [1.54, 1.807) is 0 Å². The lowest BCUT2D eigenvalue weighted by atomic mass is 10.0. The molecule has 2 heterocycles. The summed E-state index contributed by atoms with van der Waals surface area (Å²) >= 11 is 0. The number of anilines is 1. The van der Waals surface area contributed by atoms with Crippen molar-refractivity contribution in [3.8, 4) is 0 Å². The highest BCUT2D eigenvalue weighted by Gasteiger charge is 2.56. The summed E-state index contributed by atoms with van der Waals surface area (Å²) in [4.78, 5) is 28.4. The van der Waals surface area contributed by atoms with Gasteiger partial charge in [-0.3, -0.25) is 9.59 Å². The fourth-order valence-electron chi connectivity index (χ4n) is 5.58. The third-order valence-electron chi connectivity index (χ3n) is 7.96. The molecule has 5 rings (SSSR count). The van der Waals surface area contributed by atoms with Crippen LogP contribution in [0.5, 0.6) is 0 Å². The number of likely N-dealkylation sites (tertiary alicyclic amines) is 1. The van der Waals surface area contributed by atoms with Crippen molar-refractivity contribution in [2.75, 3.05) is 25.5 Å². The molecule has 1 unspecified atom stereocenters. The molecule has 0 bridgehead atoms. The second kappa shape index (κ2) is 8.82. The van der Waals surface area contributed by atoms with Gasteiger partial charge in [0, 0.05) is 43.9 Å². The zero-order valence-electron chi connectivity index (χ0n) is 20.7. The van der Waals surface area contributed by atoms with Crippen molar-refractivity contribution < 1.29 is 26.7 Å². The molecule has 2 N–H and O–H groups in total. The molecule has 1 aliphatic heterocycles. The molecule has 6 nitrogen and oxygen atoms in total. The monoisotopic (exact) mass is 524 g/mol. The molecule has 3 aliphatic rings. The summed E-state index contributed by atoms with van der Waals surface area (Å²) in [5.41, 5.74) is -3.04. The van der Waals surface area contributed by atoms with Gasteiger partial charge in [0.2, 0.25) is 0 Å². The summed E-state index contributed by atoms with van der Waals surface area (Å²) in [6.45, 7) is 3.76. The number of halogens is 5. The van der Waals surface area contributed by atoms with Gasteiger partial charge in [0.15, 0.2) is 0 Å². The van der Waals surface area contributed by atoms with E-state index in [2.05, 4.69) is 15.5 Å². The number of hydrogen-bond donors (Lipinski definition) is 2. The third kappa shape index (κ3) is 4.51. The molecule has 0 radical (unpaired) electrons. The number of pyridine rings is 1. The molecule has 2 aliphatic carbocycles. The van der Waals surface area contributed by atoms with Gasteiger partial charge in [-0.1, -0.05) is 18.2 Å². The number of nitrogens with one attached hydrogen (secondary N) is 2. The summed E-state index contributed by atoms with van der Waals surface area (Å²) < 4.78 is 71.1. The highest BCUT2D eigenvalue weighted by molar-refractivity contribution is 5.99. The van der Waals surface area contributed by atoms with Gasteiger partial charge in [-0.05, 0) is 38.6 Å². The molecule has 11 heteroatoms. The van der Waals surface area contributed by atoms with Gasteiger partial charge in [-0.15, -0.1) is 0 Å². The number of alkyl halides is 4. The largest absolute Gasteiger partial charge is 0.381 e. The topological polar surface area (TPSA) is 66.4 Å². The Kier molecular flexibility index (Phi) is 6.12. The second-order valence-electron chi connectivity index (χ2n) is 10.7. The van der Waals surface area contributed by atoms with Gasteiger partial charge in [0.05, 0.1) is 22.9 Å². The van der Waals surface area contributed by atoms with Crippen LogP contribution in [-0.4, -0.2) is 48.0 Å². The van der Waals surface area contributed by atoms with Gasteiger partial charge in [-0.2, -0.15) is 0 Å². The zero-order valence-corrected chi connectivity index (χ0v) is 20.7. The summed E-state index contributed by atoms with van der Waals surface area (Å²) in [7, 11) is 2.01. The van der Waals surface area contributed by atoms with E-state index in [1.165, 1.54) is 25.1 Å². The van der Waals surface area contributed by atoms with Crippen LogP contribution in [0, 0.1) is 17.7 Å². The molecule has 3 fully saturated rings. The van der Waals surface area contributed by atoms with Gasteiger partial charge in [0.1, 0.15) is 11.4 Å². The van der Waals surface area contributed by atoms with Crippen molar-refractivity contribution in [2.24, 2.45) is 11.8 Å². The lowest BCUT2D eigenvalue weighted by molar-refractivity contribution is 0.0135. The normalized spacial score (nSPS) is 25.1.